The van der Waals surface area contributed by atoms with Gasteiger partial charge in [-0.05, 0) is 12.1 Å². The summed E-state index contributed by atoms with van der Waals surface area (Å²) in [6.45, 7) is 3.01. The molecule has 0 spiro atoms. The first-order valence-corrected chi connectivity index (χ1v) is 5.77. The van der Waals surface area contributed by atoms with Gasteiger partial charge in [0.15, 0.2) is 0 Å². The molecule has 0 aliphatic carbocycles. The molecule has 4 heteroatoms. The van der Waals surface area contributed by atoms with E-state index in [1.54, 1.807) is 0 Å². The van der Waals surface area contributed by atoms with Crippen LogP contribution in [0.15, 0.2) is 29.2 Å². The van der Waals surface area contributed by atoms with Gasteiger partial charge in [-0.15, -0.1) is 11.8 Å². The third-order valence-corrected chi connectivity index (χ3v) is 3.49. The van der Waals surface area contributed by atoms with Crippen LogP contribution in [0.5, 0.6) is 0 Å². The van der Waals surface area contributed by atoms with Gasteiger partial charge in [-0.1, -0.05) is 19.1 Å². The Bertz CT molecular complexity index is 381. The fourth-order valence-electron chi connectivity index (χ4n) is 1.79. The van der Waals surface area contributed by atoms with Crippen LogP contribution in [0.1, 0.15) is 6.92 Å². The molecule has 80 valence electrons. The highest BCUT2D eigenvalue weighted by Crippen LogP contribution is 2.37. The summed E-state index contributed by atoms with van der Waals surface area (Å²) >= 11 is 1.81. The molecule has 1 unspecified atom stereocenters. The van der Waals surface area contributed by atoms with Crippen LogP contribution in [-0.4, -0.2) is 29.4 Å². The van der Waals surface area contributed by atoms with Crippen molar-refractivity contribution in [2.45, 2.75) is 17.1 Å². The first-order valence-electron chi connectivity index (χ1n) is 4.89. The Morgan fingerprint density at radius 3 is 3.07 bits per heavy atom. The molecule has 0 bridgehead atoms. The standard InChI is InChI=1S/C11H13NO2S/c1-8-6-12(7-11(13)14)9-4-2-3-5-10(9)15-8/h2-5,8H,6-7H2,1H3,(H,13,14). The number of thioether (sulfide) groups is 1. The molecule has 1 aliphatic heterocycles. The van der Waals surface area contributed by atoms with E-state index in [0.717, 1.165) is 12.2 Å². The van der Waals surface area contributed by atoms with E-state index < -0.39 is 5.97 Å². The molecular formula is C11H13NO2S. The number of carboxylic acids is 1. The van der Waals surface area contributed by atoms with Crippen molar-refractivity contribution in [2.75, 3.05) is 18.0 Å². The summed E-state index contributed by atoms with van der Waals surface area (Å²) in [6, 6.07) is 7.97. The average Bonchev–Trinajstić information content (AvgIpc) is 2.16. The number of rotatable bonds is 2. The van der Waals surface area contributed by atoms with E-state index in [1.165, 1.54) is 4.90 Å². The minimum Gasteiger partial charge on any atom is -0.480 e. The van der Waals surface area contributed by atoms with Crippen molar-refractivity contribution in [1.29, 1.82) is 0 Å². The number of para-hydroxylation sites is 1. The summed E-state index contributed by atoms with van der Waals surface area (Å²) in [6.07, 6.45) is 0. The van der Waals surface area contributed by atoms with Crippen LogP contribution in [0.4, 0.5) is 5.69 Å². The summed E-state index contributed by atoms with van der Waals surface area (Å²) in [4.78, 5) is 13.8. The average molecular weight is 223 g/mol. The second kappa shape index (κ2) is 4.14. The molecule has 0 fully saturated rings. The lowest BCUT2D eigenvalue weighted by Crippen LogP contribution is -2.37. The Balaban J connectivity index is 2.29. The topological polar surface area (TPSA) is 40.5 Å². The van der Waals surface area contributed by atoms with Gasteiger partial charge < -0.3 is 10.0 Å². The summed E-state index contributed by atoms with van der Waals surface area (Å²) in [7, 11) is 0. The lowest BCUT2D eigenvalue weighted by atomic mass is 10.2. The van der Waals surface area contributed by atoms with Crippen molar-refractivity contribution in [1.82, 2.24) is 0 Å². The van der Waals surface area contributed by atoms with E-state index in [2.05, 4.69) is 6.92 Å². The predicted molar refractivity (Wildman–Crippen MR) is 61.6 cm³/mol. The molecular weight excluding hydrogens is 210 g/mol. The van der Waals surface area contributed by atoms with E-state index >= 15 is 0 Å². The number of nitrogens with zero attached hydrogens (tertiary/aromatic N) is 1. The van der Waals surface area contributed by atoms with Gasteiger partial charge in [-0.3, -0.25) is 4.79 Å². The highest BCUT2D eigenvalue weighted by Gasteiger charge is 2.23. The lowest BCUT2D eigenvalue weighted by Gasteiger charge is -2.32. The number of aliphatic carboxylic acids is 1. The molecule has 0 radical (unpaired) electrons. The minimum absolute atomic E-state index is 0.0852. The van der Waals surface area contributed by atoms with E-state index in [9.17, 15) is 4.79 Å². The van der Waals surface area contributed by atoms with Gasteiger partial charge in [0.1, 0.15) is 6.54 Å². The molecule has 3 nitrogen and oxygen atoms in total. The SMILES string of the molecule is CC1CN(CC(=O)O)c2ccccc2S1. The van der Waals surface area contributed by atoms with Crippen molar-refractivity contribution in [3.05, 3.63) is 24.3 Å². The fourth-order valence-corrected chi connectivity index (χ4v) is 2.96. The minimum atomic E-state index is -0.774. The summed E-state index contributed by atoms with van der Waals surface area (Å²) in [5.41, 5.74) is 1.04. The van der Waals surface area contributed by atoms with Crippen molar-refractivity contribution in [3.63, 3.8) is 0 Å². The molecule has 15 heavy (non-hydrogen) atoms. The van der Waals surface area contributed by atoms with Gasteiger partial charge in [-0.25, -0.2) is 0 Å². The molecule has 1 aliphatic rings. The maximum absolute atomic E-state index is 10.7. The molecule has 0 aromatic heterocycles. The van der Waals surface area contributed by atoms with E-state index in [-0.39, 0.29) is 6.54 Å². The largest absolute Gasteiger partial charge is 0.480 e. The highest BCUT2D eigenvalue weighted by molar-refractivity contribution is 8.00. The maximum atomic E-state index is 10.7. The van der Waals surface area contributed by atoms with E-state index in [1.807, 2.05) is 40.9 Å². The monoisotopic (exact) mass is 223 g/mol. The van der Waals surface area contributed by atoms with Crippen LogP contribution in [0.3, 0.4) is 0 Å². The zero-order valence-corrected chi connectivity index (χ0v) is 9.33. The molecule has 0 amide bonds. The second-order valence-corrected chi connectivity index (χ2v) is 5.15. The van der Waals surface area contributed by atoms with Gasteiger partial charge >= 0.3 is 5.97 Å². The van der Waals surface area contributed by atoms with E-state index in [0.29, 0.717) is 5.25 Å². The first-order chi connectivity index (χ1) is 7.16. The Labute approximate surface area is 93.1 Å². The normalized spacial score (nSPS) is 19.8. The molecule has 1 aromatic carbocycles. The number of hydrogen-bond donors (Lipinski definition) is 1. The van der Waals surface area contributed by atoms with Crippen LogP contribution in [0, 0.1) is 0 Å². The van der Waals surface area contributed by atoms with Crippen molar-refractivity contribution in [3.8, 4) is 0 Å². The van der Waals surface area contributed by atoms with Gasteiger partial charge in [0.2, 0.25) is 0 Å². The number of carboxylic acid groups (broad SMARTS) is 1. The van der Waals surface area contributed by atoms with Gasteiger partial charge in [0.25, 0.3) is 0 Å². The van der Waals surface area contributed by atoms with E-state index in [4.69, 9.17) is 5.11 Å². The fraction of sp³-hybridized carbons (Fsp3) is 0.364. The summed E-state index contributed by atoms with van der Waals surface area (Å²) in [5.74, 6) is -0.774. The molecule has 0 saturated carbocycles. The maximum Gasteiger partial charge on any atom is 0.323 e. The molecule has 1 heterocycles. The van der Waals surface area contributed by atoms with Crippen molar-refractivity contribution >= 4 is 23.4 Å². The Morgan fingerprint density at radius 1 is 1.60 bits per heavy atom. The zero-order chi connectivity index (χ0) is 10.8. The summed E-state index contributed by atoms with van der Waals surface area (Å²) < 4.78 is 0. The Kier molecular flexibility index (Phi) is 2.86. The molecule has 1 N–H and O–H groups in total. The zero-order valence-electron chi connectivity index (χ0n) is 8.51. The molecule has 0 saturated heterocycles. The van der Waals surface area contributed by atoms with Crippen molar-refractivity contribution in [2.24, 2.45) is 0 Å². The number of hydrogen-bond acceptors (Lipinski definition) is 3. The molecule has 1 aromatic rings. The van der Waals surface area contributed by atoms with Gasteiger partial charge in [0.05, 0.1) is 5.69 Å². The number of fused-ring (bicyclic) bond motifs is 1. The van der Waals surface area contributed by atoms with Gasteiger partial charge in [0, 0.05) is 16.7 Å². The van der Waals surface area contributed by atoms with Crippen LogP contribution in [-0.2, 0) is 4.79 Å². The highest BCUT2D eigenvalue weighted by atomic mass is 32.2. The molecule has 2 rings (SSSR count). The van der Waals surface area contributed by atoms with Crippen LogP contribution in [0.2, 0.25) is 0 Å². The smallest absolute Gasteiger partial charge is 0.323 e. The quantitative estimate of drug-likeness (QED) is 0.833. The third-order valence-electron chi connectivity index (χ3n) is 2.34. The van der Waals surface area contributed by atoms with Crippen LogP contribution < -0.4 is 4.90 Å². The molecule has 1 atom stereocenters. The second-order valence-electron chi connectivity index (χ2n) is 3.67. The Hall–Kier alpha value is -1.16. The number of carbonyl (C=O) groups is 1. The van der Waals surface area contributed by atoms with Gasteiger partial charge in [-0.2, -0.15) is 0 Å². The third kappa shape index (κ3) is 2.26. The van der Waals surface area contributed by atoms with Crippen LogP contribution in [0.25, 0.3) is 0 Å². The summed E-state index contributed by atoms with van der Waals surface area (Å²) in [5, 5.41) is 9.27. The van der Waals surface area contributed by atoms with Crippen molar-refractivity contribution < 1.29 is 9.90 Å². The van der Waals surface area contributed by atoms with Crippen LogP contribution >= 0.6 is 11.8 Å². The number of anilines is 1. The Morgan fingerprint density at radius 2 is 2.33 bits per heavy atom. The number of benzene rings is 1. The first kappa shape index (κ1) is 10.4. The lowest BCUT2D eigenvalue weighted by molar-refractivity contribution is -0.135. The predicted octanol–water partition coefficient (Wildman–Crippen LogP) is 2.07.